The van der Waals surface area contributed by atoms with Gasteiger partial charge >= 0.3 is 0 Å². The number of aryl methyl sites for hydroxylation is 2. The van der Waals surface area contributed by atoms with Crippen molar-refractivity contribution in [3.63, 3.8) is 0 Å². The van der Waals surface area contributed by atoms with Crippen molar-refractivity contribution in [2.24, 2.45) is 11.8 Å². The van der Waals surface area contributed by atoms with Crippen molar-refractivity contribution in [1.29, 1.82) is 0 Å². The van der Waals surface area contributed by atoms with Gasteiger partial charge in [0.2, 0.25) is 0 Å². The lowest BCUT2D eigenvalue weighted by Gasteiger charge is -2.28. The van der Waals surface area contributed by atoms with Crippen LogP contribution in [0.5, 0.6) is 0 Å². The lowest BCUT2D eigenvalue weighted by atomic mass is 9.78. The zero-order valence-electron chi connectivity index (χ0n) is 18.3. The van der Waals surface area contributed by atoms with Crippen LogP contribution in [0.2, 0.25) is 0 Å². The molecule has 3 rings (SSSR count). The molecule has 1 heterocycles. The highest BCUT2D eigenvalue weighted by Gasteiger charge is 2.20. The van der Waals surface area contributed by atoms with Crippen molar-refractivity contribution in [2.45, 2.75) is 90.9 Å². The van der Waals surface area contributed by atoms with E-state index in [1.807, 2.05) is 12.1 Å². The molecule has 29 heavy (non-hydrogen) atoms. The first-order valence-corrected chi connectivity index (χ1v) is 11.7. The number of halogens is 1. The fraction of sp³-hybridized carbons (Fsp3) is 0.615. The zero-order valence-corrected chi connectivity index (χ0v) is 18.3. The summed E-state index contributed by atoms with van der Waals surface area (Å²) in [5.74, 6) is 1.63. The maximum absolute atomic E-state index is 13.8. The molecule has 1 aromatic carbocycles. The number of hydrogen-bond acceptors (Lipinski definition) is 2. The molecule has 1 aromatic heterocycles. The van der Waals surface area contributed by atoms with Crippen LogP contribution >= 0.6 is 0 Å². The predicted octanol–water partition coefficient (Wildman–Crippen LogP) is 7.69. The second-order valence-corrected chi connectivity index (χ2v) is 9.00. The summed E-state index contributed by atoms with van der Waals surface area (Å²) in [6.07, 6.45) is 16.3. The van der Waals surface area contributed by atoms with E-state index >= 15 is 0 Å². The van der Waals surface area contributed by atoms with E-state index in [0.29, 0.717) is 5.56 Å². The molecule has 0 atom stereocenters. The second kappa shape index (κ2) is 11.4. The van der Waals surface area contributed by atoms with Crippen LogP contribution in [-0.4, -0.2) is 10.2 Å². The number of benzene rings is 1. The van der Waals surface area contributed by atoms with Crippen molar-refractivity contribution in [3.05, 3.63) is 47.4 Å². The van der Waals surface area contributed by atoms with Gasteiger partial charge in [0, 0.05) is 5.56 Å². The van der Waals surface area contributed by atoms with E-state index in [1.54, 1.807) is 19.1 Å². The Balaban J connectivity index is 1.38. The molecule has 0 bridgehead atoms. The lowest BCUT2D eigenvalue weighted by molar-refractivity contribution is 0.248. The van der Waals surface area contributed by atoms with Gasteiger partial charge in [-0.2, -0.15) is 10.2 Å². The summed E-state index contributed by atoms with van der Waals surface area (Å²) in [5, 5.41) is 8.73. The highest BCUT2D eigenvalue weighted by molar-refractivity contribution is 5.59. The number of nitrogens with zero attached hydrogens (tertiary/aromatic N) is 2. The Kier molecular flexibility index (Phi) is 8.64. The number of aromatic nitrogens is 2. The SMILES string of the molecule is CCCCCCCC1CCC(CCc2ccc(-c3ccc(C)c(F)c3)nn2)CC1. The van der Waals surface area contributed by atoms with Crippen molar-refractivity contribution in [3.8, 4) is 11.3 Å². The molecule has 1 saturated carbocycles. The second-order valence-electron chi connectivity index (χ2n) is 9.00. The molecular formula is C26H37FN2. The Hall–Kier alpha value is -1.77. The number of hydrogen-bond donors (Lipinski definition) is 0. The molecule has 158 valence electrons. The smallest absolute Gasteiger partial charge is 0.126 e. The highest BCUT2D eigenvalue weighted by atomic mass is 19.1. The molecule has 2 nitrogen and oxygen atoms in total. The number of unbranched alkanes of at least 4 members (excludes halogenated alkanes) is 4. The normalized spacial score (nSPS) is 19.4. The van der Waals surface area contributed by atoms with Gasteiger partial charge in [0.15, 0.2) is 0 Å². The summed E-state index contributed by atoms with van der Waals surface area (Å²) in [4.78, 5) is 0. The summed E-state index contributed by atoms with van der Waals surface area (Å²) < 4.78 is 13.8. The molecule has 0 spiro atoms. The average molecular weight is 397 g/mol. The van der Waals surface area contributed by atoms with Crippen molar-refractivity contribution in [2.75, 3.05) is 0 Å². The Labute approximate surface area is 176 Å². The summed E-state index contributed by atoms with van der Waals surface area (Å²) in [7, 11) is 0. The van der Waals surface area contributed by atoms with E-state index in [-0.39, 0.29) is 5.82 Å². The van der Waals surface area contributed by atoms with E-state index in [1.165, 1.54) is 70.6 Å². The third kappa shape index (κ3) is 6.90. The maximum atomic E-state index is 13.8. The third-order valence-electron chi connectivity index (χ3n) is 6.68. The van der Waals surface area contributed by atoms with Crippen LogP contribution in [0.25, 0.3) is 11.3 Å². The van der Waals surface area contributed by atoms with E-state index in [4.69, 9.17) is 0 Å². The van der Waals surface area contributed by atoms with Crippen molar-refractivity contribution < 1.29 is 4.39 Å². The largest absolute Gasteiger partial charge is 0.207 e. The average Bonchev–Trinajstić information content (AvgIpc) is 2.75. The number of rotatable bonds is 10. The summed E-state index contributed by atoms with van der Waals surface area (Å²) in [6.45, 7) is 4.06. The third-order valence-corrected chi connectivity index (χ3v) is 6.68. The van der Waals surface area contributed by atoms with Crippen molar-refractivity contribution >= 4 is 0 Å². The molecule has 3 heteroatoms. The standard InChI is InChI=1S/C26H37FN2/c1-3-4-5-6-7-8-21-10-12-22(13-11-21)14-16-24-17-18-26(29-28-24)23-15-9-20(2)25(27)19-23/h9,15,17-19,21-22H,3-8,10-14,16H2,1-2H3. The van der Waals surface area contributed by atoms with Gasteiger partial charge in [0.05, 0.1) is 11.4 Å². The van der Waals surface area contributed by atoms with Crippen molar-refractivity contribution in [1.82, 2.24) is 10.2 Å². The van der Waals surface area contributed by atoms with Gasteiger partial charge in [-0.1, -0.05) is 83.3 Å². The molecule has 0 N–H and O–H groups in total. The Morgan fingerprint density at radius 1 is 0.862 bits per heavy atom. The van der Waals surface area contributed by atoms with Gasteiger partial charge < -0.3 is 0 Å². The molecule has 1 aliphatic carbocycles. The first-order valence-electron chi connectivity index (χ1n) is 11.7. The minimum Gasteiger partial charge on any atom is -0.207 e. The van der Waals surface area contributed by atoms with Gasteiger partial charge in [-0.3, -0.25) is 0 Å². The van der Waals surface area contributed by atoms with Gasteiger partial charge in [0.1, 0.15) is 5.82 Å². The topological polar surface area (TPSA) is 25.8 Å². The molecule has 1 fully saturated rings. The van der Waals surface area contributed by atoms with Crippen LogP contribution in [0.3, 0.4) is 0 Å². The first kappa shape index (κ1) is 21.9. The fourth-order valence-electron chi connectivity index (χ4n) is 4.60. The first-order chi connectivity index (χ1) is 14.2. The molecule has 1 aliphatic rings. The molecule has 0 aliphatic heterocycles. The lowest BCUT2D eigenvalue weighted by Crippen LogP contribution is -2.15. The monoisotopic (exact) mass is 396 g/mol. The van der Waals surface area contributed by atoms with Gasteiger partial charge in [0.25, 0.3) is 0 Å². The molecule has 0 radical (unpaired) electrons. The Bertz CT molecular complexity index is 733. The van der Waals surface area contributed by atoms with E-state index in [0.717, 1.165) is 35.2 Å². The van der Waals surface area contributed by atoms with Crippen LogP contribution < -0.4 is 0 Å². The van der Waals surface area contributed by atoms with E-state index in [2.05, 4.69) is 23.2 Å². The van der Waals surface area contributed by atoms with Gasteiger partial charge in [-0.25, -0.2) is 4.39 Å². The van der Waals surface area contributed by atoms with Crippen LogP contribution in [0, 0.1) is 24.6 Å². The summed E-state index contributed by atoms with van der Waals surface area (Å²) in [5.41, 5.74) is 3.25. The Morgan fingerprint density at radius 2 is 1.59 bits per heavy atom. The van der Waals surface area contributed by atoms with Gasteiger partial charge in [-0.05, 0) is 55.4 Å². The molecule has 0 saturated heterocycles. The van der Waals surface area contributed by atoms with Crippen LogP contribution in [-0.2, 0) is 6.42 Å². The van der Waals surface area contributed by atoms with Crippen LogP contribution in [0.4, 0.5) is 4.39 Å². The molecule has 2 aromatic rings. The van der Waals surface area contributed by atoms with Crippen LogP contribution in [0.15, 0.2) is 30.3 Å². The summed E-state index contributed by atoms with van der Waals surface area (Å²) >= 11 is 0. The molecule has 0 unspecified atom stereocenters. The molecular weight excluding hydrogens is 359 g/mol. The van der Waals surface area contributed by atoms with Crippen LogP contribution in [0.1, 0.15) is 88.8 Å². The van der Waals surface area contributed by atoms with E-state index in [9.17, 15) is 4.39 Å². The summed E-state index contributed by atoms with van der Waals surface area (Å²) in [6, 6.07) is 9.28. The minimum atomic E-state index is -0.190. The fourth-order valence-corrected chi connectivity index (χ4v) is 4.60. The predicted molar refractivity (Wildman–Crippen MR) is 119 cm³/mol. The molecule has 0 amide bonds. The van der Waals surface area contributed by atoms with Gasteiger partial charge in [-0.15, -0.1) is 0 Å². The zero-order chi connectivity index (χ0) is 20.5. The quantitative estimate of drug-likeness (QED) is 0.385. The minimum absolute atomic E-state index is 0.190. The Morgan fingerprint density at radius 3 is 2.24 bits per heavy atom. The van der Waals surface area contributed by atoms with E-state index < -0.39 is 0 Å². The highest BCUT2D eigenvalue weighted by Crippen LogP contribution is 2.34. The maximum Gasteiger partial charge on any atom is 0.126 e.